The first-order chi connectivity index (χ1) is 14.0. The number of ether oxygens (including phenoxy) is 1. The Morgan fingerprint density at radius 3 is 2.38 bits per heavy atom. The molecule has 0 atom stereocenters. The molecule has 2 heterocycles. The lowest BCUT2D eigenvalue weighted by Gasteiger charge is -2.36. The summed E-state index contributed by atoms with van der Waals surface area (Å²) in [6.45, 7) is 4.34. The number of benzene rings is 1. The lowest BCUT2D eigenvalue weighted by atomic mass is 9.81. The number of fused-ring (bicyclic) bond motifs is 1. The first kappa shape index (κ1) is 20.0. The van der Waals surface area contributed by atoms with Crippen molar-refractivity contribution in [3.63, 3.8) is 0 Å². The van der Waals surface area contributed by atoms with E-state index in [1.165, 1.54) is 0 Å². The van der Waals surface area contributed by atoms with E-state index in [1.807, 2.05) is 34.7 Å². The molecule has 2 aromatic rings. The molecular formula is C22H32N4O3. The number of piperazine rings is 1. The van der Waals surface area contributed by atoms with E-state index in [1.54, 1.807) is 11.7 Å². The van der Waals surface area contributed by atoms with Gasteiger partial charge in [-0.05, 0) is 50.8 Å². The lowest BCUT2D eigenvalue weighted by Crippen LogP contribution is -2.49. The van der Waals surface area contributed by atoms with Crippen LogP contribution in [0.15, 0.2) is 23.0 Å². The Labute approximate surface area is 171 Å². The maximum Gasteiger partial charge on any atom is 0.328 e. The number of hydrogen-bond acceptors (Lipinski definition) is 4. The predicted molar refractivity (Wildman–Crippen MR) is 113 cm³/mol. The molecule has 0 spiro atoms. The van der Waals surface area contributed by atoms with Gasteiger partial charge in [0.05, 0.1) is 18.1 Å². The van der Waals surface area contributed by atoms with Gasteiger partial charge in [-0.3, -0.25) is 13.9 Å². The molecule has 1 saturated carbocycles. The van der Waals surface area contributed by atoms with Crippen LogP contribution in [0.2, 0.25) is 0 Å². The summed E-state index contributed by atoms with van der Waals surface area (Å²) in [5, 5.41) is 0. The third-order valence-corrected chi connectivity index (χ3v) is 6.80. The van der Waals surface area contributed by atoms with Crippen LogP contribution in [0.5, 0.6) is 5.75 Å². The van der Waals surface area contributed by atoms with Crippen molar-refractivity contribution >= 4 is 16.9 Å². The molecular weight excluding hydrogens is 368 g/mol. The minimum Gasteiger partial charge on any atom is -0.497 e. The Balaban J connectivity index is 1.42. The Kier molecular flexibility index (Phi) is 5.67. The fourth-order valence-corrected chi connectivity index (χ4v) is 4.83. The molecule has 2 aliphatic rings. The van der Waals surface area contributed by atoms with Gasteiger partial charge in [-0.25, -0.2) is 4.79 Å². The largest absolute Gasteiger partial charge is 0.497 e. The van der Waals surface area contributed by atoms with Crippen LogP contribution in [-0.2, 0) is 18.4 Å². The Morgan fingerprint density at radius 2 is 1.72 bits per heavy atom. The van der Waals surface area contributed by atoms with Gasteiger partial charge in [0.2, 0.25) is 5.91 Å². The summed E-state index contributed by atoms with van der Waals surface area (Å²) in [7, 11) is 5.57. The minimum absolute atomic E-state index is 0.0175. The van der Waals surface area contributed by atoms with Gasteiger partial charge in [-0.1, -0.05) is 0 Å². The number of carbonyl (C=O) groups excluding carboxylic acids is 1. The van der Waals surface area contributed by atoms with Crippen LogP contribution in [0.1, 0.15) is 25.7 Å². The summed E-state index contributed by atoms with van der Waals surface area (Å²) in [4.78, 5) is 30.0. The van der Waals surface area contributed by atoms with E-state index in [-0.39, 0.29) is 11.6 Å². The van der Waals surface area contributed by atoms with Crippen LogP contribution in [-0.4, -0.2) is 65.2 Å². The van der Waals surface area contributed by atoms with Crippen molar-refractivity contribution in [2.45, 2.75) is 32.2 Å². The average Bonchev–Trinajstić information content (AvgIpc) is 2.98. The molecule has 1 aromatic carbocycles. The predicted octanol–water partition coefficient (Wildman–Crippen LogP) is 1.93. The third-order valence-electron chi connectivity index (χ3n) is 6.80. The van der Waals surface area contributed by atoms with Crippen LogP contribution in [0.3, 0.4) is 0 Å². The number of aryl methyl sites for hydroxylation is 1. The Bertz CT molecular complexity index is 931. The SMILES string of the molecule is COc1ccc2c(c1)n(C[C@H]1CC[C@H](C(=O)N3CCN(C)CC3)CC1)c(=O)n2C. The highest BCUT2D eigenvalue weighted by atomic mass is 16.5. The normalized spacial score (nSPS) is 23.5. The second-order valence-corrected chi connectivity index (χ2v) is 8.65. The number of aromatic nitrogens is 2. The van der Waals surface area contributed by atoms with Crippen molar-refractivity contribution in [1.29, 1.82) is 0 Å². The number of carbonyl (C=O) groups is 1. The lowest BCUT2D eigenvalue weighted by molar-refractivity contribution is -0.138. The van der Waals surface area contributed by atoms with E-state index >= 15 is 0 Å². The van der Waals surface area contributed by atoms with Gasteiger partial charge in [-0.15, -0.1) is 0 Å². The zero-order valence-electron chi connectivity index (χ0n) is 17.8. The second kappa shape index (κ2) is 8.22. The van der Waals surface area contributed by atoms with Gasteiger partial charge >= 0.3 is 5.69 Å². The summed E-state index contributed by atoms with van der Waals surface area (Å²) in [5.74, 6) is 1.68. The van der Waals surface area contributed by atoms with Gasteiger partial charge in [0, 0.05) is 51.8 Å². The maximum atomic E-state index is 12.9. The number of amides is 1. The fraction of sp³-hybridized carbons (Fsp3) is 0.636. The van der Waals surface area contributed by atoms with Crippen molar-refractivity contribution in [1.82, 2.24) is 18.9 Å². The molecule has 0 bridgehead atoms. The van der Waals surface area contributed by atoms with Gasteiger partial charge in [0.1, 0.15) is 5.75 Å². The summed E-state index contributed by atoms with van der Waals surface area (Å²) in [6, 6.07) is 5.78. The molecule has 4 rings (SSSR count). The number of nitrogens with zero attached hydrogens (tertiary/aromatic N) is 4. The smallest absolute Gasteiger partial charge is 0.328 e. The molecule has 29 heavy (non-hydrogen) atoms. The molecule has 2 fully saturated rings. The molecule has 0 radical (unpaired) electrons. The highest BCUT2D eigenvalue weighted by Gasteiger charge is 2.31. The minimum atomic E-state index is 0.0175. The van der Waals surface area contributed by atoms with E-state index in [9.17, 15) is 9.59 Å². The van der Waals surface area contributed by atoms with Gasteiger partial charge in [-0.2, -0.15) is 0 Å². The van der Waals surface area contributed by atoms with Crippen molar-refractivity contribution in [2.24, 2.45) is 18.9 Å². The van der Waals surface area contributed by atoms with Crippen LogP contribution in [0, 0.1) is 11.8 Å². The summed E-state index contributed by atoms with van der Waals surface area (Å²) in [6.07, 6.45) is 3.85. The zero-order valence-corrected chi connectivity index (χ0v) is 17.8. The molecule has 7 nitrogen and oxygen atoms in total. The number of rotatable bonds is 4. The van der Waals surface area contributed by atoms with Crippen LogP contribution in [0.4, 0.5) is 0 Å². The fourth-order valence-electron chi connectivity index (χ4n) is 4.83. The highest BCUT2D eigenvalue weighted by molar-refractivity contribution is 5.79. The molecule has 158 valence electrons. The van der Waals surface area contributed by atoms with Crippen molar-refractivity contribution < 1.29 is 9.53 Å². The Morgan fingerprint density at radius 1 is 1.03 bits per heavy atom. The van der Waals surface area contributed by atoms with Crippen LogP contribution >= 0.6 is 0 Å². The van der Waals surface area contributed by atoms with Crippen molar-refractivity contribution in [2.75, 3.05) is 40.3 Å². The average molecular weight is 401 g/mol. The number of imidazole rings is 1. The van der Waals surface area contributed by atoms with Gasteiger partial charge < -0.3 is 14.5 Å². The number of methoxy groups -OCH3 is 1. The molecule has 7 heteroatoms. The van der Waals surface area contributed by atoms with Crippen molar-refractivity contribution in [3.8, 4) is 5.75 Å². The summed E-state index contributed by atoms with van der Waals surface area (Å²) >= 11 is 0. The monoisotopic (exact) mass is 400 g/mol. The van der Waals surface area contributed by atoms with Crippen LogP contribution < -0.4 is 10.4 Å². The quantitative estimate of drug-likeness (QED) is 0.787. The number of likely N-dealkylation sites (N-methyl/N-ethyl adjacent to an activating group) is 1. The summed E-state index contributed by atoms with van der Waals surface area (Å²) < 4.78 is 8.94. The number of hydrogen-bond donors (Lipinski definition) is 0. The highest BCUT2D eigenvalue weighted by Crippen LogP contribution is 2.32. The van der Waals surface area contributed by atoms with E-state index in [0.717, 1.165) is 68.6 Å². The topological polar surface area (TPSA) is 59.7 Å². The second-order valence-electron chi connectivity index (χ2n) is 8.65. The zero-order chi connectivity index (χ0) is 20.5. The van der Waals surface area contributed by atoms with Crippen molar-refractivity contribution in [3.05, 3.63) is 28.7 Å². The standard InChI is InChI=1S/C22H32N4O3/c1-23-10-12-25(13-11-23)21(27)17-6-4-16(5-7-17)15-26-20-14-18(29-3)8-9-19(20)24(2)22(26)28/h8-9,14,16-17H,4-7,10-13,15H2,1-3H3/t16-,17-. The Hall–Kier alpha value is -2.28. The van der Waals surface area contributed by atoms with Gasteiger partial charge in [0.15, 0.2) is 0 Å². The molecule has 1 aromatic heterocycles. The molecule has 0 N–H and O–H groups in total. The molecule has 1 amide bonds. The van der Waals surface area contributed by atoms with E-state index in [0.29, 0.717) is 18.4 Å². The van der Waals surface area contributed by atoms with E-state index in [2.05, 4.69) is 11.9 Å². The molecule has 0 unspecified atom stereocenters. The first-order valence-electron chi connectivity index (χ1n) is 10.7. The summed E-state index contributed by atoms with van der Waals surface area (Å²) in [5.41, 5.74) is 1.87. The van der Waals surface area contributed by atoms with Crippen LogP contribution in [0.25, 0.3) is 11.0 Å². The van der Waals surface area contributed by atoms with E-state index < -0.39 is 0 Å². The molecule has 1 aliphatic carbocycles. The third kappa shape index (κ3) is 3.92. The molecule has 1 saturated heterocycles. The van der Waals surface area contributed by atoms with E-state index in [4.69, 9.17) is 4.74 Å². The molecule has 1 aliphatic heterocycles. The first-order valence-corrected chi connectivity index (χ1v) is 10.7. The van der Waals surface area contributed by atoms with Gasteiger partial charge in [0.25, 0.3) is 0 Å². The maximum absolute atomic E-state index is 12.9.